The van der Waals surface area contributed by atoms with Crippen LogP contribution in [0.3, 0.4) is 0 Å². The molecule has 0 saturated heterocycles. The molecule has 1 aromatic rings. The van der Waals surface area contributed by atoms with Crippen LogP contribution in [-0.4, -0.2) is 30.0 Å². The van der Waals surface area contributed by atoms with Crippen molar-refractivity contribution in [3.8, 4) is 0 Å². The lowest BCUT2D eigenvalue weighted by Gasteiger charge is -2.16. The lowest BCUT2D eigenvalue weighted by Crippen LogP contribution is -2.23. The molecule has 0 aliphatic heterocycles. The zero-order valence-electron chi connectivity index (χ0n) is 11.3. The minimum absolute atomic E-state index is 0.362. The normalized spacial score (nSPS) is 12.9. The fourth-order valence-corrected chi connectivity index (χ4v) is 1.85. The third-order valence-electron chi connectivity index (χ3n) is 2.76. The first-order chi connectivity index (χ1) is 8.31. The molecule has 0 saturated carbocycles. The number of nitrogens with one attached hydrogen (secondary N) is 1. The first-order valence-corrected chi connectivity index (χ1v) is 6.56. The van der Waals surface area contributed by atoms with Gasteiger partial charge in [0.2, 0.25) is 0 Å². The van der Waals surface area contributed by atoms with Crippen molar-refractivity contribution >= 4 is 0 Å². The van der Waals surface area contributed by atoms with Crippen LogP contribution in [0.25, 0.3) is 0 Å². The molecule has 0 fully saturated rings. The fraction of sp³-hybridized carbons (Fsp3) is 0.769. The molecule has 1 aromatic heterocycles. The monoisotopic (exact) mass is 239 g/mol. The number of hydrogen-bond donors (Lipinski definition) is 1. The molecule has 0 spiro atoms. The summed E-state index contributed by atoms with van der Waals surface area (Å²) in [7, 11) is 1.75. The van der Waals surface area contributed by atoms with E-state index in [0.29, 0.717) is 6.04 Å². The van der Waals surface area contributed by atoms with Crippen LogP contribution in [0, 0.1) is 0 Å². The van der Waals surface area contributed by atoms with E-state index < -0.39 is 0 Å². The molecule has 0 bridgehead atoms. The largest absolute Gasteiger partial charge is 0.385 e. The van der Waals surface area contributed by atoms with Gasteiger partial charge in [0.1, 0.15) is 0 Å². The second-order valence-electron chi connectivity index (χ2n) is 4.32. The highest BCUT2D eigenvalue weighted by atomic mass is 16.5. The second-order valence-corrected chi connectivity index (χ2v) is 4.32. The first kappa shape index (κ1) is 14.2. The standard InChI is InChI=1S/C13H25N3O/c1-4-7-14-13(6-9-17-3)12-10-15-16(11-12)8-5-2/h10-11,13-14H,4-9H2,1-3H3. The van der Waals surface area contributed by atoms with Crippen LogP contribution < -0.4 is 5.32 Å². The smallest absolute Gasteiger partial charge is 0.0537 e. The quantitative estimate of drug-likeness (QED) is 0.719. The van der Waals surface area contributed by atoms with Crippen molar-refractivity contribution in [3.05, 3.63) is 18.0 Å². The Morgan fingerprint density at radius 3 is 2.88 bits per heavy atom. The van der Waals surface area contributed by atoms with E-state index in [0.717, 1.165) is 39.0 Å². The van der Waals surface area contributed by atoms with Crippen LogP contribution in [0.2, 0.25) is 0 Å². The average Bonchev–Trinajstić information content (AvgIpc) is 2.78. The summed E-state index contributed by atoms with van der Waals surface area (Å²) in [4.78, 5) is 0. The van der Waals surface area contributed by atoms with E-state index in [1.165, 1.54) is 5.56 Å². The van der Waals surface area contributed by atoms with Crippen molar-refractivity contribution in [3.63, 3.8) is 0 Å². The Labute approximate surface area is 104 Å². The molecule has 1 N–H and O–H groups in total. The predicted octanol–water partition coefficient (Wildman–Crippen LogP) is 2.37. The van der Waals surface area contributed by atoms with Gasteiger partial charge in [-0.1, -0.05) is 13.8 Å². The highest BCUT2D eigenvalue weighted by molar-refractivity contribution is 5.10. The molecular weight excluding hydrogens is 214 g/mol. The first-order valence-electron chi connectivity index (χ1n) is 6.56. The van der Waals surface area contributed by atoms with Crippen LogP contribution >= 0.6 is 0 Å². The molecule has 0 aliphatic rings. The third kappa shape index (κ3) is 4.88. The van der Waals surface area contributed by atoms with Gasteiger partial charge in [-0.2, -0.15) is 5.10 Å². The second kappa shape index (κ2) is 8.25. The van der Waals surface area contributed by atoms with Crippen molar-refractivity contribution < 1.29 is 4.74 Å². The molecule has 98 valence electrons. The van der Waals surface area contributed by atoms with Crippen molar-refractivity contribution in [1.29, 1.82) is 0 Å². The number of rotatable bonds is 9. The maximum atomic E-state index is 5.16. The zero-order valence-corrected chi connectivity index (χ0v) is 11.3. The summed E-state index contributed by atoms with van der Waals surface area (Å²) in [5, 5.41) is 7.92. The lowest BCUT2D eigenvalue weighted by molar-refractivity contribution is 0.183. The highest BCUT2D eigenvalue weighted by Crippen LogP contribution is 2.16. The molecule has 4 nitrogen and oxygen atoms in total. The molecule has 17 heavy (non-hydrogen) atoms. The van der Waals surface area contributed by atoms with Gasteiger partial charge in [-0.05, 0) is 25.8 Å². The van der Waals surface area contributed by atoms with Gasteiger partial charge in [-0.15, -0.1) is 0 Å². The average molecular weight is 239 g/mol. The van der Waals surface area contributed by atoms with Gasteiger partial charge in [0.25, 0.3) is 0 Å². The fourth-order valence-electron chi connectivity index (χ4n) is 1.85. The molecule has 1 atom stereocenters. The van der Waals surface area contributed by atoms with E-state index in [9.17, 15) is 0 Å². The van der Waals surface area contributed by atoms with E-state index >= 15 is 0 Å². The predicted molar refractivity (Wildman–Crippen MR) is 70.0 cm³/mol. The lowest BCUT2D eigenvalue weighted by atomic mass is 10.1. The molecule has 4 heteroatoms. The van der Waals surface area contributed by atoms with Gasteiger partial charge < -0.3 is 10.1 Å². The molecule has 1 unspecified atom stereocenters. The Balaban J connectivity index is 2.58. The van der Waals surface area contributed by atoms with Crippen LogP contribution in [0.4, 0.5) is 0 Å². The molecule has 1 heterocycles. The van der Waals surface area contributed by atoms with Gasteiger partial charge in [0, 0.05) is 38.1 Å². The van der Waals surface area contributed by atoms with E-state index in [2.05, 4.69) is 30.5 Å². The Morgan fingerprint density at radius 1 is 1.41 bits per heavy atom. The van der Waals surface area contributed by atoms with Crippen molar-refractivity contribution in [2.24, 2.45) is 0 Å². The summed E-state index contributed by atoms with van der Waals surface area (Å²) >= 11 is 0. The minimum Gasteiger partial charge on any atom is -0.385 e. The molecular formula is C13H25N3O. The number of hydrogen-bond acceptors (Lipinski definition) is 3. The number of ether oxygens (including phenoxy) is 1. The minimum atomic E-state index is 0.362. The van der Waals surface area contributed by atoms with Gasteiger partial charge in [-0.3, -0.25) is 4.68 Å². The zero-order chi connectivity index (χ0) is 12.5. The van der Waals surface area contributed by atoms with E-state index in [4.69, 9.17) is 4.74 Å². The summed E-state index contributed by atoms with van der Waals surface area (Å²) in [5.74, 6) is 0. The van der Waals surface area contributed by atoms with Crippen LogP contribution in [0.1, 0.15) is 44.7 Å². The summed E-state index contributed by atoms with van der Waals surface area (Å²) in [6, 6.07) is 0.362. The van der Waals surface area contributed by atoms with Crippen molar-refractivity contribution in [2.45, 2.75) is 45.7 Å². The molecule has 0 amide bonds. The Kier molecular flexibility index (Phi) is 6.89. The Hall–Kier alpha value is -0.870. The van der Waals surface area contributed by atoms with E-state index in [1.807, 2.05) is 10.9 Å². The number of nitrogens with zero attached hydrogens (tertiary/aromatic N) is 2. The van der Waals surface area contributed by atoms with Gasteiger partial charge in [0.05, 0.1) is 6.20 Å². The van der Waals surface area contributed by atoms with Crippen LogP contribution in [-0.2, 0) is 11.3 Å². The number of methoxy groups -OCH3 is 1. The van der Waals surface area contributed by atoms with Gasteiger partial charge in [-0.25, -0.2) is 0 Å². The maximum Gasteiger partial charge on any atom is 0.0537 e. The molecule has 0 aliphatic carbocycles. The van der Waals surface area contributed by atoms with E-state index in [-0.39, 0.29) is 0 Å². The number of aromatic nitrogens is 2. The van der Waals surface area contributed by atoms with Gasteiger partial charge >= 0.3 is 0 Å². The summed E-state index contributed by atoms with van der Waals surface area (Å²) < 4.78 is 7.18. The van der Waals surface area contributed by atoms with Gasteiger partial charge in [0.15, 0.2) is 0 Å². The number of aryl methyl sites for hydroxylation is 1. The van der Waals surface area contributed by atoms with Crippen LogP contribution in [0.15, 0.2) is 12.4 Å². The third-order valence-corrected chi connectivity index (χ3v) is 2.76. The van der Waals surface area contributed by atoms with E-state index in [1.54, 1.807) is 7.11 Å². The molecule has 1 rings (SSSR count). The summed E-state index contributed by atoms with van der Waals surface area (Å²) in [5.41, 5.74) is 1.27. The molecule has 0 aromatic carbocycles. The Morgan fingerprint density at radius 2 is 2.24 bits per heavy atom. The molecule has 0 radical (unpaired) electrons. The van der Waals surface area contributed by atoms with Crippen molar-refractivity contribution in [2.75, 3.05) is 20.3 Å². The van der Waals surface area contributed by atoms with Crippen LogP contribution in [0.5, 0.6) is 0 Å². The maximum absolute atomic E-state index is 5.16. The summed E-state index contributed by atoms with van der Waals surface area (Å²) in [6.45, 7) is 7.15. The highest BCUT2D eigenvalue weighted by Gasteiger charge is 2.12. The topological polar surface area (TPSA) is 39.1 Å². The SMILES string of the molecule is CCCNC(CCOC)c1cnn(CCC)c1. The summed E-state index contributed by atoms with van der Waals surface area (Å²) in [6.07, 6.45) is 7.37. The van der Waals surface area contributed by atoms with Crippen molar-refractivity contribution in [1.82, 2.24) is 15.1 Å². The Bertz CT molecular complexity index is 291.